The van der Waals surface area contributed by atoms with Crippen LogP contribution in [0.5, 0.6) is 0 Å². The standard InChI is InChI=1S/C21H25N5O7S/c1-3-24(4-2)34(32,33)16-9-10-19(20(15-16)26(30)31)22-11-13-23(14-12-22)21(27)17-7-5-6-8-18(17)25(28)29/h5-10,15H,3-4,11-14H2,1-2H3. The van der Waals surface area contributed by atoms with Crippen LogP contribution in [-0.4, -0.2) is 72.6 Å². The van der Waals surface area contributed by atoms with Crippen molar-refractivity contribution in [2.24, 2.45) is 0 Å². The molecule has 0 atom stereocenters. The summed E-state index contributed by atoms with van der Waals surface area (Å²) in [6.07, 6.45) is 0. The Morgan fingerprint density at radius 2 is 1.53 bits per heavy atom. The molecule has 0 N–H and O–H groups in total. The quantitative estimate of drug-likeness (QED) is 0.404. The number of nitrogens with zero attached hydrogens (tertiary/aromatic N) is 5. The number of nitro benzene ring substituents is 2. The molecule has 34 heavy (non-hydrogen) atoms. The number of nitro groups is 2. The molecule has 12 nitrogen and oxygen atoms in total. The summed E-state index contributed by atoms with van der Waals surface area (Å²) in [5.74, 6) is -0.484. The first-order valence-electron chi connectivity index (χ1n) is 10.7. The lowest BCUT2D eigenvalue weighted by Gasteiger charge is -2.35. The fourth-order valence-corrected chi connectivity index (χ4v) is 5.40. The number of carbonyl (C=O) groups is 1. The molecule has 1 fully saturated rings. The first-order chi connectivity index (χ1) is 16.1. The molecule has 0 unspecified atom stereocenters. The Kier molecular flexibility index (Phi) is 7.47. The van der Waals surface area contributed by atoms with E-state index < -0.39 is 25.8 Å². The minimum absolute atomic E-state index is 0.0158. The summed E-state index contributed by atoms with van der Waals surface area (Å²) in [5.41, 5.74) is -0.388. The van der Waals surface area contributed by atoms with Crippen LogP contribution in [-0.2, 0) is 10.0 Å². The molecule has 1 heterocycles. The van der Waals surface area contributed by atoms with Gasteiger partial charge in [0.05, 0.1) is 14.7 Å². The maximum atomic E-state index is 12.8. The van der Waals surface area contributed by atoms with Gasteiger partial charge in [-0.2, -0.15) is 4.31 Å². The molecular weight excluding hydrogens is 466 g/mol. The van der Waals surface area contributed by atoms with Gasteiger partial charge in [0, 0.05) is 51.4 Å². The summed E-state index contributed by atoms with van der Waals surface area (Å²) in [5, 5.41) is 23.0. The van der Waals surface area contributed by atoms with E-state index in [1.54, 1.807) is 24.8 Å². The molecule has 13 heteroatoms. The van der Waals surface area contributed by atoms with Gasteiger partial charge >= 0.3 is 0 Å². The molecule has 0 spiro atoms. The zero-order chi connectivity index (χ0) is 25.0. The molecule has 0 radical (unpaired) electrons. The van der Waals surface area contributed by atoms with Crippen LogP contribution in [0.3, 0.4) is 0 Å². The van der Waals surface area contributed by atoms with Crippen LogP contribution in [0, 0.1) is 20.2 Å². The van der Waals surface area contributed by atoms with Crippen molar-refractivity contribution in [3.63, 3.8) is 0 Å². The summed E-state index contributed by atoms with van der Waals surface area (Å²) in [4.78, 5) is 37.6. The lowest BCUT2D eigenvalue weighted by atomic mass is 10.1. The predicted molar refractivity (Wildman–Crippen MR) is 124 cm³/mol. The predicted octanol–water partition coefficient (Wildman–Crippen LogP) is 2.50. The van der Waals surface area contributed by atoms with E-state index >= 15 is 0 Å². The highest BCUT2D eigenvalue weighted by atomic mass is 32.2. The van der Waals surface area contributed by atoms with Crippen LogP contribution in [0.15, 0.2) is 47.4 Å². The normalized spacial score (nSPS) is 14.3. The van der Waals surface area contributed by atoms with Gasteiger partial charge in [-0.1, -0.05) is 26.0 Å². The van der Waals surface area contributed by atoms with Crippen molar-refractivity contribution < 1.29 is 23.1 Å². The Hall–Kier alpha value is -3.58. The summed E-state index contributed by atoms with van der Waals surface area (Å²) in [6, 6.07) is 9.51. The average molecular weight is 492 g/mol. The number of rotatable bonds is 8. The van der Waals surface area contributed by atoms with Gasteiger partial charge in [-0.25, -0.2) is 8.42 Å². The number of amides is 1. The van der Waals surface area contributed by atoms with Crippen molar-refractivity contribution >= 4 is 33.0 Å². The fraction of sp³-hybridized carbons (Fsp3) is 0.381. The van der Waals surface area contributed by atoms with Crippen molar-refractivity contribution in [2.45, 2.75) is 18.7 Å². The van der Waals surface area contributed by atoms with Gasteiger partial charge in [0.2, 0.25) is 10.0 Å². The molecule has 2 aromatic carbocycles. The third kappa shape index (κ3) is 4.84. The number of piperazine rings is 1. The van der Waals surface area contributed by atoms with E-state index in [1.165, 1.54) is 39.5 Å². The highest BCUT2D eigenvalue weighted by Crippen LogP contribution is 2.33. The Bertz CT molecular complexity index is 1210. The summed E-state index contributed by atoms with van der Waals surface area (Å²) >= 11 is 0. The molecular formula is C21H25N5O7S. The van der Waals surface area contributed by atoms with E-state index in [-0.39, 0.29) is 66.8 Å². The molecule has 3 rings (SSSR count). The van der Waals surface area contributed by atoms with Gasteiger partial charge in [-0.15, -0.1) is 0 Å². The monoisotopic (exact) mass is 491 g/mol. The van der Waals surface area contributed by atoms with Gasteiger partial charge in [-0.3, -0.25) is 25.0 Å². The topological polar surface area (TPSA) is 147 Å². The first kappa shape index (κ1) is 25.1. The molecule has 1 aliphatic heterocycles. The third-order valence-corrected chi connectivity index (χ3v) is 7.77. The zero-order valence-corrected chi connectivity index (χ0v) is 19.6. The van der Waals surface area contributed by atoms with E-state index in [4.69, 9.17) is 0 Å². The van der Waals surface area contributed by atoms with Gasteiger partial charge in [-0.05, 0) is 18.2 Å². The Morgan fingerprint density at radius 1 is 0.941 bits per heavy atom. The molecule has 0 saturated carbocycles. The van der Waals surface area contributed by atoms with Crippen LogP contribution >= 0.6 is 0 Å². The van der Waals surface area contributed by atoms with Crippen molar-refractivity contribution in [3.05, 3.63) is 68.3 Å². The fourth-order valence-electron chi connectivity index (χ4n) is 3.92. The largest absolute Gasteiger partial charge is 0.362 e. The molecule has 1 aliphatic rings. The van der Waals surface area contributed by atoms with Crippen molar-refractivity contribution in [1.29, 1.82) is 0 Å². The number of benzene rings is 2. The molecule has 2 aromatic rings. The summed E-state index contributed by atoms with van der Waals surface area (Å²) < 4.78 is 26.8. The molecule has 182 valence electrons. The lowest BCUT2D eigenvalue weighted by Crippen LogP contribution is -2.49. The number of hydrogen-bond donors (Lipinski definition) is 0. The van der Waals surface area contributed by atoms with Crippen LogP contribution in [0.2, 0.25) is 0 Å². The van der Waals surface area contributed by atoms with Crippen LogP contribution in [0.4, 0.5) is 17.1 Å². The zero-order valence-electron chi connectivity index (χ0n) is 18.8. The van der Waals surface area contributed by atoms with Crippen molar-refractivity contribution in [1.82, 2.24) is 9.21 Å². The SMILES string of the molecule is CCN(CC)S(=O)(=O)c1ccc(N2CCN(C(=O)c3ccccc3[N+](=O)[O-])CC2)c([N+](=O)[O-])c1. The van der Waals surface area contributed by atoms with E-state index in [0.29, 0.717) is 0 Å². The molecule has 0 aliphatic carbocycles. The number of para-hydroxylation sites is 1. The van der Waals surface area contributed by atoms with E-state index in [0.717, 1.165) is 6.07 Å². The molecule has 1 amide bonds. The van der Waals surface area contributed by atoms with Crippen LogP contribution in [0.1, 0.15) is 24.2 Å². The highest BCUT2D eigenvalue weighted by molar-refractivity contribution is 7.89. The number of sulfonamides is 1. The van der Waals surface area contributed by atoms with E-state index in [9.17, 15) is 33.4 Å². The Morgan fingerprint density at radius 3 is 2.09 bits per heavy atom. The number of carbonyl (C=O) groups excluding carboxylic acids is 1. The second kappa shape index (κ2) is 10.1. The number of anilines is 1. The third-order valence-electron chi connectivity index (χ3n) is 5.73. The molecule has 0 aromatic heterocycles. The van der Waals surface area contributed by atoms with Crippen LogP contribution < -0.4 is 4.90 Å². The first-order valence-corrected chi connectivity index (χ1v) is 12.1. The van der Waals surface area contributed by atoms with Gasteiger partial charge in [0.1, 0.15) is 11.3 Å². The second-order valence-electron chi connectivity index (χ2n) is 7.55. The second-order valence-corrected chi connectivity index (χ2v) is 9.49. The van der Waals surface area contributed by atoms with Crippen molar-refractivity contribution in [3.8, 4) is 0 Å². The Balaban J connectivity index is 1.82. The van der Waals surface area contributed by atoms with E-state index in [1.807, 2.05) is 0 Å². The minimum atomic E-state index is -3.86. The average Bonchev–Trinajstić information content (AvgIpc) is 2.83. The Labute approximate surface area is 196 Å². The minimum Gasteiger partial charge on any atom is -0.362 e. The smallest absolute Gasteiger partial charge is 0.293 e. The van der Waals surface area contributed by atoms with Gasteiger partial charge in [0.15, 0.2) is 0 Å². The molecule has 1 saturated heterocycles. The maximum Gasteiger partial charge on any atom is 0.293 e. The maximum absolute atomic E-state index is 12.8. The van der Waals surface area contributed by atoms with Crippen LogP contribution in [0.25, 0.3) is 0 Å². The number of hydrogen-bond acceptors (Lipinski definition) is 8. The van der Waals surface area contributed by atoms with Gasteiger partial charge < -0.3 is 9.80 Å². The van der Waals surface area contributed by atoms with E-state index in [2.05, 4.69) is 0 Å². The lowest BCUT2D eigenvalue weighted by molar-refractivity contribution is -0.385. The highest BCUT2D eigenvalue weighted by Gasteiger charge is 2.31. The van der Waals surface area contributed by atoms with Gasteiger partial charge in [0.25, 0.3) is 17.3 Å². The summed E-state index contributed by atoms with van der Waals surface area (Å²) in [6.45, 7) is 4.74. The molecule has 0 bridgehead atoms. The summed E-state index contributed by atoms with van der Waals surface area (Å²) in [7, 11) is -3.86. The van der Waals surface area contributed by atoms with Crippen molar-refractivity contribution in [2.75, 3.05) is 44.2 Å².